The van der Waals surface area contributed by atoms with E-state index in [0.717, 1.165) is 6.07 Å². The van der Waals surface area contributed by atoms with E-state index in [1.165, 1.54) is 24.3 Å². The van der Waals surface area contributed by atoms with E-state index in [2.05, 4.69) is 0 Å². The molecule has 0 heterocycles. The maximum absolute atomic E-state index is 13.5. The highest BCUT2D eigenvalue weighted by Gasteiger charge is 2.18. The lowest BCUT2D eigenvalue weighted by Gasteiger charge is -2.07. The van der Waals surface area contributed by atoms with Gasteiger partial charge in [-0.15, -0.1) is 0 Å². The van der Waals surface area contributed by atoms with Crippen LogP contribution in [0.4, 0.5) is 13.2 Å². The third kappa shape index (κ3) is 3.92. The summed E-state index contributed by atoms with van der Waals surface area (Å²) in [6, 6.07) is 6.70. The SMILES string of the molecule is CCCOC(=O)c1ccc(C(=O)Oc2ccc(F)c(F)c2F)cc1. The first-order valence-corrected chi connectivity index (χ1v) is 7.07. The van der Waals surface area contributed by atoms with Gasteiger partial charge in [0.15, 0.2) is 17.4 Å². The number of hydrogen-bond donors (Lipinski definition) is 0. The predicted molar refractivity (Wildman–Crippen MR) is 78.3 cm³/mol. The van der Waals surface area contributed by atoms with Crippen molar-refractivity contribution in [2.75, 3.05) is 6.61 Å². The van der Waals surface area contributed by atoms with Gasteiger partial charge in [-0.1, -0.05) is 6.92 Å². The van der Waals surface area contributed by atoms with Crippen LogP contribution in [0.3, 0.4) is 0 Å². The number of carbonyl (C=O) groups is 2. The fraction of sp³-hybridized carbons (Fsp3) is 0.176. The zero-order valence-electron chi connectivity index (χ0n) is 12.6. The van der Waals surface area contributed by atoms with Crippen LogP contribution < -0.4 is 4.74 Å². The Morgan fingerprint density at radius 3 is 2.04 bits per heavy atom. The largest absolute Gasteiger partial charge is 0.462 e. The molecule has 0 amide bonds. The number of rotatable bonds is 5. The first kappa shape index (κ1) is 17.5. The van der Waals surface area contributed by atoms with E-state index in [1.54, 1.807) is 0 Å². The fourth-order valence-electron chi connectivity index (χ4n) is 1.77. The standard InChI is InChI=1S/C17H13F3O4/c1-2-9-23-16(21)10-3-5-11(6-4-10)17(22)24-13-8-7-12(18)14(19)15(13)20/h3-8H,2,9H2,1H3. The minimum atomic E-state index is -1.73. The molecule has 0 saturated heterocycles. The van der Waals surface area contributed by atoms with Gasteiger partial charge in [0, 0.05) is 0 Å². The molecule has 0 spiro atoms. The van der Waals surface area contributed by atoms with E-state index in [1.807, 2.05) is 6.92 Å². The van der Waals surface area contributed by atoms with Gasteiger partial charge < -0.3 is 9.47 Å². The molecule has 0 bridgehead atoms. The molecule has 0 atom stereocenters. The molecule has 24 heavy (non-hydrogen) atoms. The van der Waals surface area contributed by atoms with Gasteiger partial charge >= 0.3 is 11.9 Å². The van der Waals surface area contributed by atoms with Gasteiger partial charge in [-0.25, -0.2) is 18.4 Å². The molecule has 0 radical (unpaired) electrons. The van der Waals surface area contributed by atoms with E-state index in [4.69, 9.17) is 9.47 Å². The first-order valence-electron chi connectivity index (χ1n) is 7.07. The van der Waals surface area contributed by atoms with Crippen LogP contribution in [-0.2, 0) is 4.74 Å². The quantitative estimate of drug-likeness (QED) is 0.471. The predicted octanol–water partition coefficient (Wildman–Crippen LogP) is 3.89. The van der Waals surface area contributed by atoms with Crippen molar-refractivity contribution >= 4 is 11.9 Å². The average Bonchev–Trinajstić information content (AvgIpc) is 2.60. The zero-order valence-corrected chi connectivity index (χ0v) is 12.6. The van der Waals surface area contributed by atoms with Gasteiger partial charge in [-0.3, -0.25) is 0 Å². The van der Waals surface area contributed by atoms with Crippen molar-refractivity contribution in [3.8, 4) is 5.75 Å². The Balaban J connectivity index is 2.11. The van der Waals surface area contributed by atoms with Crippen LogP contribution in [0, 0.1) is 17.5 Å². The van der Waals surface area contributed by atoms with Crippen LogP contribution >= 0.6 is 0 Å². The van der Waals surface area contributed by atoms with Crippen molar-refractivity contribution in [1.29, 1.82) is 0 Å². The van der Waals surface area contributed by atoms with Crippen LogP contribution in [0.15, 0.2) is 36.4 Å². The summed E-state index contributed by atoms with van der Waals surface area (Å²) in [6.45, 7) is 2.13. The normalized spacial score (nSPS) is 10.3. The molecule has 0 aliphatic carbocycles. The van der Waals surface area contributed by atoms with E-state index in [9.17, 15) is 22.8 Å². The molecular formula is C17H13F3O4. The fourth-order valence-corrected chi connectivity index (χ4v) is 1.77. The minimum absolute atomic E-state index is 0.00572. The molecule has 2 rings (SSSR count). The second kappa shape index (κ2) is 7.63. The molecule has 126 valence electrons. The molecule has 4 nitrogen and oxygen atoms in total. The van der Waals surface area contributed by atoms with Crippen LogP contribution in [0.1, 0.15) is 34.1 Å². The lowest BCUT2D eigenvalue weighted by atomic mass is 10.1. The van der Waals surface area contributed by atoms with Crippen molar-refractivity contribution < 1.29 is 32.2 Å². The number of ether oxygens (including phenoxy) is 2. The first-order chi connectivity index (χ1) is 11.4. The molecule has 0 fully saturated rings. The summed E-state index contributed by atoms with van der Waals surface area (Å²) >= 11 is 0. The van der Waals surface area contributed by atoms with E-state index >= 15 is 0 Å². The molecule has 2 aromatic rings. The van der Waals surface area contributed by atoms with Gasteiger partial charge in [-0.05, 0) is 42.8 Å². The molecule has 0 aromatic heterocycles. The van der Waals surface area contributed by atoms with E-state index < -0.39 is 35.1 Å². The number of hydrogen-bond acceptors (Lipinski definition) is 4. The van der Waals surface area contributed by atoms with Crippen LogP contribution in [0.25, 0.3) is 0 Å². The Hall–Kier alpha value is -2.83. The van der Waals surface area contributed by atoms with Gasteiger partial charge in [0.1, 0.15) is 0 Å². The minimum Gasteiger partial charge on any atom is -0.462 e. The van der Waals surface area contributed by atoms with E-state index in [0.29, 0.717) is 12.5 Å². The average molecular weight is 338 g/mol. The summed E-state index contributed by atoms with van der Waals surface area (Å²) < 4.78 is 49.0. The summed E-state index contributed by atoms with van der Waals surface area (Å²) in [7, 11) is 0. The molecule has 0 saturated carbocycles. The summed E-state index contributed by atoms with van der Waals surface area (Å²) in [5.74, 6) is -6.96. The zero-order chi connectivity index (χ0) is 17.7. The van der Waals surface area contributed by atoms with Crippen molar-refractivity contribution in [3.63, 3.8) is 0 Å². The third-order valence-electron chi connectivity index (χ3n) is 3.00. The Labute approximate surface area is 135 Å². The number of esters is 2. The molecule has 7 heteroatoms. The maximum atomic E-state index is 13.5. The number of benzene rings is 2. The molecule has 0 aliphatic heterocycles. The Kier molecular flexibility index (Phi) is 5.57. The smallest absolute Gasteiger partial charge is 0.343 e. The van der Waals surface area contributed by atoms with Crippen LogP contribution in [0.5, 0.6) is 5.75 Å². The third-order valence-corrected chi connectivity index (χ3v) is 3.00. The van der Waals surface area contributed by atoms with Gasteiger partial charge in [0.25, 0.3) is 0 Å². The monoisotopic (exact) mass is 338 g/mol. The maximum Gasteiger partial charge on any atom is 0.343 e. The Morgan fingerprint density at radius 2 is 1.46 bits per heavy atom. The topological polar surface area (TPSA) is 52.6 Å². The van der Waals surface area contributed by atoms with Gasteiger partial charge in [-0.2, -0.15) is 4.39 Å². The molecule has 2 aromatic carbocycles. The van der Waals surface area contributed by atoms with Crippen LogP contribution in [-0.4, -0.2) is 18.5 Å². The lowest BCUT2D eigenvalue weighted by Crippen LogP contribution is -2.11. The molecule has 0 aliphatic rings. The van der Waals surface area contributed by atoms with Crippen LogP contribution in [0.2, 0.25) is 0 Å². The molecule has 0 unspecified atom stereocenters. The lowest BCUT2D eigenvalue weighted by molar-refractivity contribution is 0.0504. The summed E-state index contributed by atoms with van der Waals surface area (Å²) in [5, 5.41) is 0. The Morgan fingerprint density at radius 1 is 0.875 bits per heavy atom. The van der Waals surface area contributed by atoms with Crippen molar-refractivity contribution in [2.45, 2.75) is 13.3 Å². The summed E-state index contributed by atoms with van der Waals surface area (Å²) in [5.41, 5.74) is 0.241. The number of carbonyl (C=O) groups excluding carboxylic acids is 2. The Bertz CT molecular complexity index is 757. The molecule has 0 N–H and O–H groups in total. The van der Waals surface area contributed by atoms with Gasteiger partial charge in [0.2, 0.25) is 5.82 Å². The van der Waals surface area contributed by atoms with Crippen molar-refractivity contribution in [1.82, 2.24) is 0 Å². The van der Waals surface area contributed by atoms with Crippen molar-refractivity contribution in [3.05, 3.63) is 65.0 Å². The molecular weight excluding hydrogens is 325 g/mol. The van der Waals surface area contributed by atoms with Gasteiger partial charge in [0.05, 0.1) is 17.7 Å². The summed E-state index contributed by atoms with van der Waals surface area (Å²) in [4.78, 5) is 23.5. The highest BCUT2D eigenvalue weighted by atomic mass is 19.2. The summed E-state index contributed by atoms with van der Waals surface area (Å²) in [6.07, 6.45) is 0.677. The number of halogens is 3. The van der Waals surface area contributed by atoms with E-state index in [-0.39, 0.29) is 17.7 Å². The second-order valence-electron chi connectivity index (χ2n) is 4.78. The highest BCUT2D eigenvalue weighted by molar-refractivity contribution is 5.94. The highest BCUT2D eigenvalue weighted by Crippen LogP contribution is 2.22. The second-order valence-corrected chi connectivity index (χ2v) is 4.78. The van der Waals surface area contributed by atoms with Crippen molar-refractivity contribution in [2.24, 2.45) is 0 Å².